The number of rotatable bonds is 5. The van der Waals surface area contributed by atoms with Gasteiger partial charge >= 0.3 is 12.1 Å². The van der Waals surface area contributed by atoms with Gasteiger partial charge in [-0.1, -0.05) is 72.8 Å². The monoisotopic (exact) mass is 387 g/mol. The van der Waals surface area contributed by atoms with Crippen LogP contribution in [-0.4, -0.2) is 23.2 Å². The molecular formula is C24H21NO4. The van der Waals surface area contributed by atoms with Crippen LogP contribution in [0.2, 0.25) is 0 Å². The lowest BCUT2D eigenvalue weighted by Gasteiger charge is -2.19. The summed E-state index contributed by atoms with van der Waals surface area (Å²) >= 11 is 0. The Morgan fingerprint density at radius 2 is 1.48 bits per heavy atom. The fourth-order valence-corrected chi connectivity index (χ4v) is 3.78. The third-order valence-electron chi connectivity index (χ3n) is 5.28. The molecule has 0 unspecified atom stereocenters. The van der Waals surface area contributed by atoms with Crippen molar-refractivity contribution >= 4 is 12.1 Å². The predicted octanol–water partition coefficient (Wildman–Crippen LogP) is 4.49. The Labute approximate surface area is 169 Å². The maximum Gasteiger partial charge on any atom is 0.408 e. The van der Waals surface area contributed by atoms with Gasteiger partial charge in [-0.25, -0.2) is 9.59 Å². The van der Waals surface area contributed by atoms with E-state index in [2.05, 4.69) is 5.32 Å². The van der Waals surface area contributed by atoms with Gasteiger partial charge in [0, 0.05) is 17.5 Å². The highest BCUT2D eigenvalue weighted by atomic mass is 16.6. The first kappa shape index (κ1) is 18.7. The van der Waals surface area contributed by atoms with Gasteiger partial charge in [0.15, 0.2) is 6.10 Å². The van der Waals surface area contributed by atoms with Crippen molar-refractivity contribution in [3.05, 3.63) is 95.1 Å². The van der Waals surface area contributed by atoms with Gasteiger partial charge in [0.1, 0.15) is 6.04 Å². The van der Waals surface area contributed by atoms with Crippen LogP contribution in [0.1, 0.15) is 28.4 Å². The third-order valence-corrected chi connectivity index (χ3v) is 5.28. The first-order chi connectivity index (χ1) is 14.0. The Balaban J connectivity index is 1.53. The molecule has 0 saturated heterocycles. The van der Waals surface area contributed by atoms with Crippen LogP contribution in [-0.2, 0) is 16.0 Å². The molecule has 0 aliphatic heterocycles. The largest absolute Gasteiger partial charge is 0.480 e. The van der Waals surface area contributed by atoms with Gasteiger partial charge in [0.25, 0.3) is 0 Å². The van der Waals surface area contributed by atoms with Crippen molar-refractivity contribution in [3.63, 3.8) is 0 Å². The molecule has 146 valence electrons. The van der Waals surface area contributed by atoms with E-state index in [9.17, 15) is 14.7 Å². The zero-order valence-electron chi connectivity index (χ0n) is 16.0. The second-order valence-electron chi connectivity index (χ2n) is 7.13. The van der Waals surface area contributed by atoms with Gasteiger partial charge in [-0.05, 0) is 29.2 Å². The number of aryl methyl sites for hydroxylation is 1. The van der Waals surface area contributed by atoms with E-state index in [1.807, 2.05) is 79.7 Å². The van der Waals surface area contributed by atoms with Crippen LogP contribution in [0.15, 0.2) is 72.8 Å². The number of aliphatic carboxylic acids is 1. The standard InChI is InChI=1S/C24H21NO4/c1-15-8-2-3-9-16(15)14-21(23(26)27)25-24(28)29-22-19-12-6-4-10-17(19)18-11-5-7-13-20(18)22/h2-13,21-22H,14H2,1H3,(H,25,28)(H,26,27)/t21-/m0/s1. The van der Waals surface area contributed by atoms with Gasteiger partial charge < -0.3 is 15.2 Å². The molecule has 0 bridgehead atoms. The van der Waals surface area contributed by atoms with E-state index in [0.29, 0.717) is 0 Å². The Bertz CT molecular complexity index is 1030. The van der Waals surface area contributed by atoms with Crippen LogP contribution in [0.25, 0.3) is 11.1 Å². The van der Waals surface area contributed by atoms with E-state index in [1.165, 1.54) is 0 Å². The van der Waals surface area contributed by atoms with E-state index >= 15 is 0 Å². The van der Waals surface area contributed by atoms with E-state index < -0.39 is 24.2 Å². The van der Waals surface area contributed by atoms with Crippen molar-refractivity contribution in [1.29, 1.82) is 0 Å². The second-order valence-corrected chi connectivity index (χ2v) is 7.13. The van der Waals surface area contributed by atoms with Gasteiger partial charge in [-0.3, -0.25) is 0 Å². The number of nitrogens with one attached hydrogen (secondary N) is 1. The molecule has 0 fully saturated rings. The van der Waals surface area contributed by atoms with Gasteiger partial charge in [0.05, 0.1) is 0 Å². The molecule has 3 aromatic rings. The van der Waals surface area contributed by atoms with Crippen molar-refractivity contribution in [2.45, 2.75) is 25.5 Å². The maximum absolute atomic E-state index is 12.6. The van der Waals surface area contributed by atoms with Gasteiger partial charge in [0.2, 0.25) is 0 Å². The number of hydrogen-bond acceptors (Lipinski definition) is 3. The first-order valence-electron chi connectivity index (χ1n) is 9.47. The van der Waals surface area contributed by atoms with Gasteiger partial charge in [-0.15, -0.1) is 0 Å². The zero-order chi connectivity index (χ0) is 20.4. The number of hydrogen-bond donors (Lipinski definition) is 2. The van der Waals surface area contributed by atoms with Crippen molar-refractivity contribution in [2.75, 3.05) is 0 Å². The normalized spacial score (nSPS) is 13.3. The van der Waals surface area contributed by atoms with Crippen LogP contribution >= 0.6 is 0 Å². The zero-order valence-corrected chi connectivity index (χ0v) is 16.0. The number of carboxylic acid groups (broad SMARTS) is 1. The summed E-state index contributed by atoms with van der Waals surface area (Å²) < 4.78 is 5.70. The SMILES string of the molecule is Cc1ccccc1C[C@H](NC(=O)OC1c2ccccc2-c2ccccc21)C(=O)O. The minimum absolute atomic E-state index is 0.189. The fourth-order valence-electron chi connectivity index (χ4n) is 3.78. The summed E-state index contributed by atoms with van der Waals surface area (Å²) in [6, 6.07) is 22.0. The lowest BCUT2D eigenvalue weighted by Crippen LogP contribution is -2.43. The molecule has 0 spiro atoms. The van der Waals surface area contributed by atoms with E-state index in [4.69, 9.17) is 4.74 Å². The van der Waals surface area contributed by atoms with Crippen molar-refractivity contribution < 1.29 is 19.4 Å². The summed E-state index contributed by atoms with van der Waals surface area (Å²) in [5.74, 6) is -1.10. The summed E-state index contributed by atoms with van der Waals surface area (Å²) in [6.07, 6.45) is -1.12. The molecule has 0 saturated carbocycles. The van der Waals surface area contributed by atoms with Crippen LogP contribution in [0.4, 0.5) is 4.79 Å². The lowest BCUT2D eigenvalue weighted by molar-refractivity contribution is -0.139. The highest BCUT2D eigenvalue weighted by molar-refractivity contribution is 5.82. The van der Waals surface area contributed by atoms with Crippen molar-refractivity contribution in [3.8, 4) is 11.1 Å². The summed E-state index contributed by atoms with van der Waals surface area (Å²) in [6.45, 7) is 1.92. The van der Waals surface area contributed by atoms with Crippen LogP contribution in [0, 0.1) is 6.92 Å². The smallest absolute Gasteiger partial charge is 0.408 e. The minimum atomic E-state index is -1.10. The maximum atomic E-state index is 12.6. The second kappa shape index (κ2) is 7.80. The highest BCUT2D eigenvalue weighted by Gasteiger charge is 2.32. The van der Waals surface area contributed by atoms with Crippen LogP contribution in [0.5, 0.6) is 0 Å². The molecule has 4 rings (SSSR count). The van der Waals surface area contributed by atoms with E-state index in [0.717, 1.165) is 33.4 Å². The molecule has 5 heteroatoms. The Hall–Kier alpha value is -3.60. The molecule has 5 nitrogen and oxygen atoms in total. The van der Waals surface area contributed by atoms with Gasteiger partial charge in [-0.2, -0.15) is 0 Å². The number of alkyl carbamates (subject to hydrolysis) is 1. The lowest BCUT2D eigenvalue weighted by atomic mass is 10.0. The number of carbonyl (C=O) groups excluding carboxylic acids is 1. The fraction of sp³-hybridized carbons (Fsp3) is 0.167. The molecule has 0 heterocycles. The van der Waals surface area contributed by atoms with Crippen molar-refractivity contribution in [1.82, 2.24) is 5.32 Å². The van der Waals surface area contributed by atoms with Crippen molar-refractivity contribution in [2.24, 2.45) is 0 Å². The number of benzene rings is 3. The molecule has 1 atom stereocenters. The minimum Gasteiger partial charge on any atom is -0.480 e. The average molecular weight is 387 g/mol. The van der Waals surface area contributed by atoms with E-state index in [-0.39, 0.29) is 6.42 Å². The Morgan fingerprint density at radius 3 is 2.07 bits per heavy atom. The topological polar surface area (TPSA) is 75.6 Å². The molecule has 1 aliphatic rings. The molecular weight excluding hydrogens is 366 g/mol. The average Bonchev–Trinajstić information content (AvgIpc) is 3.03. The number of carbonyl (C=O) groups is 2. The Morgan fingerprint density at radius 1 is 0.931 bits per heavy atom. The highest BCUT2D eigenvalue weighted by Crippen LogP contribution is 2.44. The van der Waals surface area contributed by atoms with Crippen LogP contribution < -0.4 is 5.32 Å². The molecule has 1 aliphatic carbocycles. The molecule has 0 aromatic heterocycles. The molecule has 3 aromatic carbocycles. The summed E-state index contributed by atoms with van der Waals surface area (Å²) in [4.78, 5) is 24.3. The number of ether oxygens (including phenoxy) is 1. The number of fused-ring (bicyclic) bond motifs is 3. The third kappa shape index (κ3) is 3.72. The summed E-state index contributed by atoms with van der Waals surface area (Å²) in [5, 5.41) is 12.1. The summed E-state index contributed by atoms with van der Waals surface area (Å²) in [7, 11) is 0. The molecule has 0 radical (unpaired) electrons. The quantitative estimate of drug-likeness (QED) is 0.676. The first-order valence-corrected chi connectivity index (χ1v) is 9.47. The molecule has 1 amide bonds. The van der Waals surface area contributed by atoms with Crippen LogP contribution in [0.3, 0.4) is 0 Å². The summed E-state index contributed by atoms with van der Waals surface area (Å²) in [5.41, 5.74) is 5.69. The number of carboxylic acids is 1. The predicted molar refractivity (Wildman–Crippen MR) is 110 cm³/mol. The Kier molecular flexibility index (Phi) is 5.04. The molecule has 29 heavy (non-hydrogen) atoms. The number of amides is 1. The van der Waals surface area contributed by atoms with E-state index in [1.54, 1.807) is 0 Å². The molecule has 2 N–H and O–H groups in total.